The van der Waals surface area contributed by atoms with E-state index in [2.05, 4.69) is 10.5 Å². The molecular weight excluding hydrogens is 280 g/mol. The summed E-state index contributed by atoms with van der Waals surface area (Å²) in [6.45, 7) is 5.21. The van der Waals surface area contributed by atoms with Gasteiger partial charge in [0.2, 0.25) is 0 Å². The van der Waals surface area contributed by atoms with Crippen molar-refractivity contribution in [2.75, 3.05) is 0 Å². The minimum atomic E-state index is -1.29. The quantitative estimate of drug-likeness (QED) is 0.688. The van der Waals surface area contributed by atoms with Crippen molar-refractivity contribution in [2.24, 2.45) is 0 Å². The highest BCUT2D eigenvalue weighted by molar-refractivity contribution is 5.98. The molecule has 8 heteroatoms. The van der Waals surface area contributed by atoms with Crippen LogP contribution in [0.3, 0.4) is 0 Å². The molecule has 3 N–H and O–H groups in total. The number of amides is 1. The van der Waals surface area contributed by atoms with Crippen LogP contribution in [0.2, 0.25) is 0 Å². The van der Waals surface area contributed by atoms with Crippen molar-refractivity contribution in [3.05, 3.63) is 17.0 Å². The molecule has 0 aliphatic carbocycles. The molecule has 0 spiro atoms. The number of carboxylic acid groups (broad SMARTS) is 2. The van der Waals surface area contributed by atoms with E-state index in [0.29, 0.717) is 11.5 Å². The summed E-state index contributed by atoms with van der Waals surface area (Å²) in [5.74, 6) is -2.76. The first kappa shape index (κ1) is 16.7. The molecule has 1 unspecified atom stereocenters. The Bertz CT molecular complexity index is 549. The summed E-state index contributed by atoms with van der Waals surface area (Å²) >= 11 is 0. The second-order valence-electron chi connectivity index (χ2n) is 4.96. The maximum Gasteiger partial charge on any atom is 0.326 e. The van der Waals surface area contributed by atoms with E-state index in [0.717, 1.165) is 0 Å². The van der Waals surface area contributed by atoms with Crippen LogP contribution in [-0.2, 0) is 9.59 Å². The Kier molecular flexibility index (Phi) is 5.45. The van der Waals surface area contributed by atoms with Crippen LogP contribution in [0.5, 0.6) is 0 Å². The van der Waals surface area contributed by atoms with E-state index in [1.54, 1.807) is 6.92 Å². The van der Waals surface area contributed by atoms with Crippen molar-refractivity contribution in [1.29, 1.82) is 0 Å². The van der Waals surface area contributed by atoms with Gasteiger partial charge in [0.05, 0.1) is 5.69 Å². The third kappa shape index (κ3) is 4.30. The maximum atomic E-state index is 12.2. The lowest BCUT2D eigenvalue weighted by Crippen LogP contribution is -2.41. The number of carboxylic acids is 2. The summed E-state index contributed by atoms with van der Waals surface area (Å²) in [5.41, 5.74) is 0.560. The van der Waals surface area contributed by atoms with E-state index in [1.165, 1.54) is 0 Å². The van der Waals surface area contributed by atoms with Gasteiger partial charge in [-0.05, 0) is 13.3 Å². The van der Waals surface area contributed by atoms with Crippen LogP contribution in [0.1, 0.15) is 54.4 Å². The molecule has 0 aliphatic heterocycles. The molecule has 0 fully saturated rings. The first-order valence-corrected chi connectivity index (χ1v) is 6.45. The molecule has 1 aromatic rings. The van der Waals surface area contributed by atoms with Gasteiger partial charge in [0.15, 0.2) is 5.76 Å². The van der Waals surface area contributed by atoms with Crippen LogP contribution in [-0.4, -0.2) is 39.3 Å². The number of aliphatic carboxylic acids is 2. The molecule has 0 bridgehead atoms. The molecule has 1 atom stereocenters. The molecule has 0 saturated heterocycles. The second kappa shape index (κ2) is 6.87. The molecule has 0 aromatic carbocycles. The maximum absolute atomic E-state index is 12.2. The van der Waals surface area contributed by atoms with E-state index in [9.17, 15) is 14.4 Å². The number of carbonyl (C=O) groups is 3. The van der Waals surface area contributed by atoms with Crippen LogP contribution in [0, 0.1) is 6.92 Å². The molecule has 0 radical (unpaired) electrons. The smallest absolute Gasteiger partial charge is 0.326 e. The molecule has 116 valence electrons. The Morgan fingerprint density at radius 3 is 2.38 bits per heavy atom. The fourth-order valence-electron chi connectivity index (χ4n) is 1.81. The summed E-state index contributed by atoms with van der Waals surface area (Å²) in [6.07, 6.45) is -0.547. The number of rotatable bonds is 7. The summed E-state index contributed by atoms with van der Waals surface area (Å²) in [4.78, 5) is 33.8. The second-order valence-corrected chi connectivity index (χ2v) is 4.96. The monoisotopic (exact) mass is 298 g/mol. The lowest BCUT2D eigenvalue weighted by atomic mass is 10.0. The predicted octanol–water partition coefficient (Wildman–Crippen LogP) is 1.15. The van der Waals surface area contributed by atoms with Gasteiger partial charge in [0, 0.05) is 12.3 Å². The van der Waals surface area contributed by atoms with Gasteiger partial charge in [-0.2, -0.15) is 0 Å². The first-order chi connectivity index (χ1) is 9.73. The Labute approximate surface area is 121 Å². The Morgan fingerprint density at radius 1 is 1.29 bits per heavy atom. The fraction of sp³-hybridized carbons (Fsp3) is 0.538. The molecule has 1 aromatic heterocycles. The van der Waals surface area contributed by atoms with Crippen LogP contribution >= 0.6 is 0 Å². The topological polar surface area (TPSA) is 130 Å². The average Bonchev–Trinajstić information content (AvgIpc) is 2.75. The van der Waals surface area contributed by atoms with Gasteiger partial charge in [-0.1, -0.05) is 19.0 Å². The Balaban J connectivity index is 2.90. The van der Waals surface area contributed by atoms with Crippen LogP contribution in [0.15, 0.2) is 4.52 Å². The lowest BCUT2D eigenvalue weighted by molar-refractivity contribution is -0.140. The van der Waals surface area contributed by atoms with Crippen LogP contribution in [0.25, 0.3) is 0 Å². The zero-order valence-corrected chi connectivity index (χ0v) is 12.0. The molecule has 1 rings (SSSR count). The third-order valence-corrected chi connectivity index (χ3v) is 2.89. The normalized spacial score (nSPS) is 12.2. The van der Waals surface area contributed by atoms with Crippen LogP contribution in [0.4, 0.5) is 0 Å². The fourth-order valence-corrected chi connectivity index (χ4v) is 1.81. The van der Waals surface area contributed by atoms with Gasteiger partial charge < -0.3 is 20.1 Å². The third-order valence-electron chi connectivity index (χ3n) is 2.89. The van der Waals surface area contributed by atoms with E-state index >= 15 is 0 Å². The minimum absolute atomic E-state index is 0.0887. The molecule has 1 heterocycles. The van der Waals surface area contributed by atoms with Gasteiger partial charge in [-0.25, -0.2) is 4.79 Å². The average molecular weight is 298 g/mol. The molecule has 0 aliphatic rings. The summed E-state index contributed by atoms with van der Waals surface area (Å²) in [5, 5.41) is 23.6. The predicted molar refractivity (Wildman–Crippen MR) is 71.1 cm³/mol. The number of nitrogens with one attached hydrogen (secondary N) is 1. The van der Waals surface area contributed by atoms with E-state index in [-0.39, 0.29) is 24.3 Å². The number of hydrogen-bond donors (Lipinski definition) is 3. The van der Waals surface area contributed by atoms with E-state index < -0.39 is 23.9 Å². The molecule has 8 nitrogen and oxygen atoms in total. The summed E-state index contributed by atoms with van der Waals surface area (Å²) in [6, 6.07) is -1.28. The Morgan fingerprint density at radius 2 is 1.90 bits per heavy atom. The van der Waals surface area contributed by atoms with Gasteiger partial charge in [-0.15, -0.1) is 0 Å². The molecule has 1 amide bonds. The zero-order chi connectivity index (χ0) is 16.2. The number of hydrogen-bond acceptors (Lipinski definition) is 5. The Hall–Kier alpha value is -2.38. The summed E-state index contributed by atoms with van der Waals surface area (Å²) in [7, 11) is 0. The van der Waals surface area contributed by atoms with E-state index in [1.807, 2.05) is 13.8 Å². The van der Waals surface area contributed by atoms with Crippen molar-refractivity contribution >= 4 is 17.8 Å². The van der Waals surface area contributed by atoms with Crippen LogP contribution < -0.4 is 5.32 Å². The van der Waals surface area contributed by atoms with Gasteiger partial charge >= 0.3 is 11.9 Å². The van der Waals surface area contributed by atoms with Crippen molar-refractivity contribution in [3.8, 4) is 0 Å². The van der Waals surface area contributed by atoms with Crippen molar-refractivity contribution < 1.29 is 29.1 Å². The highest BCUT2D eigenvalue weighted by atomic mass is 16.5. The molecule has 0 saturated carbocycles. The number of nitrogens with zero attached hydrogens (tertiary/aromatic N) is 1. The standard InChI is InChI=1S/C13H18N2O6/c1-6(2)11-10(7(3)15-21-11)12(18)14-8(13(19)20)4-5-9(16)17/h6,8H,4-5H2,1-3H3,(H,14,18)(H,16,17)(H,19,20). The SMILES string of the molecule is Cc1noc(C(C)C)c1C(=O)NC(CCC(=O)O)C(=O)O. The number of carbonyl (C=O) groups excluding carboxylic acids is 1. The number of aryl methyl sites for hydroxylation is 1. The molecule has 21 heavy (non-hydrogen) atoms. The van der Waals surface area contributed by atoms with Gasteiger partial charge in [0.25, 0.3) is 5.91 Å². The zero-order valence-electron chi connectivity index (χ0n) is 12.0. The highest BCUT2D eigenvalue weighted by Crippen LogP contribution is 2.22. The van der Waals surface area contributed by atoms with Crippen molar-refractivity contribution in [1.82, 2.24) is 10.5 Å². The number of aromatic nitrogens is 1. The van der Waals surface area contributed by atoms with Gasteiger partial charge in [-0.3, -0.25) is 9.59 Å². The lowest BCUT2D eigenvalue weighted by Gasteiger charge is -2.14. The first-order valence-electron chi connectivity index (χ1n) is 6.45. The van der Waals surface area contributed by atoms with Gasteiger partial charge in [0.1, 0.15) is 11.6 Å². The largest absolute Gasteiger partial charge is 0.481 e. The van der Waals surface area contributed by atoms with Crippen molar-refractivity contribution in [3.63, 3.8) is 0 Å². The molecular formula is C13H18N2O6. The van der Waals surface area contributed by atoms with E-state index in [4.69, 9.17) is 14.7 Å². The summed E-state index contributed by atoms with van der Waals surface area (Å²) < 4.78 is 5.07. The van der Waals surface area contributed by atoms with Crippen molar-refractivity contribution in [2.45, 2.75) is 45.6 Å². The minimum Gasteiger partial charge on any atom is -0.481 e. The highest BCUT2D eigenvalue weighted by Gasteiger charge is 2.27.